The molecule has 1 aliphatic carbocycles. The van der Waals surface area contributed by atoms with Crippen LogP contribution in [0.25, 0.3) is 22.6 Å². The highest BCUT2D eigenvalue weighted by Gasteiger charge is 2.30. The van der Waals surface area contributed by atoms with Gasteiger partial charge in [-0.15, -0.1) is 0 Å². The molecule has 0 amide bonds. The topological polar surface area (TPSA) is 102 Å². The summed E-state index contributed by atoms with van der Waals surface area (Å²) in [4.78, 5) is 25.1. The van der Waals surface area contributed by atoms with E-state index >= 15 is 0 Å². The molecule has 1 fully saturated rings. The largest absolute Gasteiger partial charge is 0.497 e. The third kappa shape index (κ3) is 5.39. The van der Waals surface area contributed by atoms with Crippen LogP contribution in [0.3, 0.4) is 0 Å². The molecule has 0 saturated heterocycles. The van der Waals surface area contributed by atoms with E-state index in [0.29, 0.717) is 40.0 Å². The zero-order chi connectivity index (χ0) is 27.9. The minimum Gasteiger partial charge on any atom is -0.497 e. The average Bonchev–Trinajstić information content (AvgIpc) is 3.20. The van der Waals surface area contributed by atoms with Gasteiger partial charge in [-0.2, -0.15) is 13.2 Å². The molecule has 2 aromatic heterocycles. The highest BCUT2D eigenvalue weighted by Crippen LogP contribution is 2.35. The predicted octanol–water partition coefficient (Wildman–Crippen LogP) is 6.18. The number of nitrogens with zero attached hydrogens (tertiary/aromatic N) is 4. The van der Waals surface area contributed by atoms with Crippen LogP contribution in [-0.4, -0.2) is 43.7 Å². The highest BCUT2D eigenvalue weighted by molar-refractivity contribution is 5.92. The second-order valence-electron chi connectivity index (χ2n) is 9.95. The molecule has 5 rings (SSSR count). The first-order valence-electron chi connectivity index (χ1n) is 12.6. The standard InChI is InChI=1S/C28H28F3N5O3/c1-15-11-19(13-21(12-15)39-3)26-35-24-22(36(26)14-17-7-9-20(10-8-17)28(29,30)31)23(33-25(34-24)27(37)38)32-16(2)18-5-4-6-18/h7-13,16,18H,4-6,14H2,1-3H3,(H,37,38)(H,32,33,34)/t16-/m1/s1. The Morgan fingerprint density at radius 1 is 1.15 bits per heavy atom. The van der Waals surface area contributed by atoms with Gasteiger partial charge in [0.05, 0.1) is 12.7 Å². The Labute approximate surface area is 222 Å². The third-order valence-corrected chi connectivity index (χ3v) is 7.18. The summed E-state index contributed by atoms with van der Waals surface area (Å²) < 4.78 is 46.8. The Bertz CT molecular complexity index is 1530. The summed E-state index contributed by atoms with van der Waals surface area (Å²) in [5.41, 5.74) is 2.10. The van der Waals surface area contributed by atoms with E-state index < -0.39 is 23.5 Å². The smallest absolute Gasteiger partial charge is 0.416 e. The Kier molecular flexibility index (Phi) is 6.92. The first kappa shape index (κ1) is 26.5. The van der Waals surface area contributed by atoms with Gasteiger partial charge in [-0.25, -0.2) is 19.7 Å². The number of fused-ring (bicyclic) bond motifs is 1. The molecule has 0 radical (unpaired) electrons. The summed E-state index contributed by atoms with van der Waals surface area (Å²) in [6, 6.07) is 10.5. The fraction of sp³-hybridized carbons (Fsp3) is 0.357. The molecular formula is C28H28F3N5O3. The number of hydrogen-bond acceptors (Lipinski definition) is 6. The van der Waals surface area contributed by atoms with Gasteiger partial charge < -0.3 is 19.7 Å². The summed E-state index contributed by atoms with van der Waals surface area (Å²) in [5.74, 6) is 0.137. The average molecular weight is 540 g/mol. The van der Waals surface area contributed by atoms with Gasteiger partial charge in [-0.1, -0.05) is 18.6 Å². The Balaban J connectivity index is 1.70. The number of methoxy groups -OCH3 is 1. The van der Waals surface area contributed by atoms with Crippen molar-refractivity contribution in [3.05, 3.63) is 65.0 Å². The predicted molar refractivity (Wildman–Crippen MR) is 140 cm³/mol. The zero-order valence-electron chi connectivity index (χ0n) is 21.7. The summed E-state index contributed by atoms with van der Waals surface area (Å²) >= 11 is 0. The summed E-state index contributed by atoms with van der Waals surface area (Å²) in [7, 11) is 1.55. The van der Waals surface area contributed by atoms with Crippen molar-refractivity contribution in [2.75, 3.05) is 12.4 Å². The number of rotatable bonds is 8. The zero-order valence-corrected chi connectivity index (χ0v) is 21.7. The van der Waals surface area contributed by atoms with Gasteiger partial charge in [0, 0.05) is 18.2 Å². The van der Waals surface area contributed by atoms with Crippen molar-refractivity contribution in [1.82, 2.24) is 19.5 Å². The van der Waals surface area contributed by atoms with Crippen molar-refractivity contribution in [3.8, 4) is 17.1 Å². The number of ether oxygens (including phenoxy) is 1. The molecule has 0 unspecified atom stereocenters. The molecule has 1 aliphatic rings. The minimum absolute atomic E-state index is 0.0235. The monoisotopic (exact) mass is 539 g/mol. The van der Waals surface area contributed by atoms with Crippen LogP contribution in [0.2, 0.25) is 0 Å². The molecule has 39 heavy (non-hydrogen) atoms. The Morgan fingerprint density at radius 3 is 2.46 bits per heavy atom. The lowest BCUT2D eigenvalue weighted by molar-refractivity contribution is -0.137. The molecule has 1 atom stereocenters. The van der Waals surface area contributed by atoms with E-state index in [4.69, 9.17) is 9.72 Å². The van der Waals surface area contributed by atoms with Crippen LogP contribution < -0.4 is 10.1 Å². The second kappa shape index (κ2) is 10.2. The van der Waals surface area contributed by atoms with E-state index in [-0.39, 0.29) is 18.2 Å². The van der Waals surface area contributed by atoms with Gasteiger partial charge in [0.25, 0.3) is 0 Å². The maximum Gasteiger partial charge on any atom is 0.416 e. The van der Waals surface area contributed by atoms with Crippen molar-refractivity contribution in [1.29, 1.82) is 0 Å². The van der Waals surface area contributed by atoms with Crippen molar-refractivity contribution in [2.24, 2.45) is 5.92 Å². The molecule has 0 aliphatic heterocycles. The minimum atomic E-state index is -4.45. The molecule has 1 saturated carbocycles. The quantitative estimate of drug-likeness (QED) is 0.276. The van der Waals surface area contributed by atoms with Crippen molar-refractivity contribution in [3.63, 3.8) is 0 Å². The Morgan fingerprint density at radius 2 is 1.87 bits per heavy atom. The molecule has 2 heterocycles. The number of alkyl halides is 3. The summed E-state index contributed by atoms with van der Waals surface area (Å²) in [5, 5.41) is 13.1. The van der Waals surface area contributed by atoms with Crippen LogP contribution in [0.4, 0.5) is 19.0 Å². The van der Waals surface area contributed by atoms with Crippen LogP contribution in [0.5, 0.6) is 5.75 Å². The number of halogens is 3. The molecule has 8 nitrogen and oxygen atoms in total. The number of carboxylic acids is 1. The number of imidazole rings is 1. The van der Waals surface area contributed by atoms with E-state index in [1.54, 1.807) is 13.2 Å². The lowest BCUT2D eigenvalue weighted by Crippen LogP contribution is -2.31. The second-order valence-corrected chi connectivity index (χ2v) is 9.95. The van der Waals surface area contributed by atoms with Gasteiger partial charge in [0.1, 0.15) is 17.1 Å². The van der Waals surface area contributed by atoms with Crippen LogP contribution in [0, 0.1) is 12.8 Å². The number of hydrogen-bond donors (Lipinski definition) is 2. The maximum absolute atomic E-state index is 13.2. The highest BCUT2D eigenvalue weighted by atomic mass is 19.4. The van der Waals surface area contributed by atoms with Crippen LogP contribution >= 0.6 is 0 Å². The van der Waals surface area contributed by atoms with Crippen LogP contribution in [0.15, 0.2) is 42.5 Å². The fourth-order valence-electron chi connectivity index (χ4n) is 4.86. The lowest BCUT2D eigenvalue weighted by Gasteiger charge is -2.32. The molecule has 4 aromatic rings. The molecular weight excluding hydrogens is 511 g/mol. The van der Waals surface area contributed by atoms with Crippen molar-refractivity contribution < 1.29 is 27.8 Å². The van der Waals surface area contributed by atoms with Crippen LogP contribution in [0.1, 0.15) is 53.5 Å². The Hall–Kier alpha value is -4.15. The first-order chi connectivity index (χ1) is 18.5. The molecule has 0 spiro atoms. The van der Waals surface area contributed by atoms with Gasteiger partial charge in [-0.05, 0) is 74.1 Å². The van der Waals surface area contributed by atoms with Gasteiger partial charge in [0.2, 0.25) is 5.82 Å². The normalized spacial score (nSPS) is 14.7. The summed E-state index contributed by atoms with van der Waals surface area (Å²) in [6.07, 6.45) is -1.18. The third-order valence-electron chi connectivity index (χ3n) is 7.18. The molecule has 11 heteroatoms. The maximum atomic E-state index is 13.2. The van der Waals surface area contributed by atoms with Crippen molar-refractivity contribution in [2.45, 2.75) is 51.9 Å². The number of carboxylic acid groups (broad SMARTS) is 1. The lowest BCUT2D eigenvalue weighted by atomic mass is 9.80. The first-order valence-corrected chi connectivity index (χ1v) is 12.6. The molecule has 2 N–H and O–H groups in total. The van der Waals surface area contributed by atoms with Gasteiger partial charge >= 0.3 is 12.1 Å². The SMILES string of the molecule is COc1cc(C)cc(-c2nc3nc(C(=O)O)nc(N[C@H](C)C4CCC4)c3n2Cc2ccc(C(F)(F)F)cc2)c1. The number of benzene rings is 2. The fourth-order valence-corrected chi connectivity index (χ4v) is 4.86. The van der Waals surface area contributed by atoms with E-state index in [9.17, 15) is 23.1 Å². The van der Waals surface area contributed by atoms with Crippen molar-refractivity contribution >= 4 is 23.0 Å². The van der Waals surface area contributed by atoms with Gasteiger partial charge in [-0.3, -0.25) is 0 Å². The molecule has 204 valence electrons. The number of anilines is 1. The summed E-state index contributed by atoms with van der Waals surface area (Å²) in [6.45, 7) is 4.09. The van der Waals surface area contributed by atoms with E-state index in [1.807, 2.05) is 30.5 Å². The van der Waals surface area contributed by atoms with E-state index in [2.05, 4.69) is 15.3 Å². The number of nitrogens with one attached hydrogen (secondary N) is 1. The molecule has 2 aromatic carbocycles. The van der Waals surface area contributed by atoms with Gasteiger partial charge in [0.15, 0.2) is 11.5 Å². The van der Waals surface area contributed by atoms with E-state index in [1.165, 1.54) is 12.1 Å². The number of aromatic carboxylic acids is 1. The number of carbonyl (C=O) groups is 1. The van der Waals surface area contributed by atoms with E-state index in [0.717, 1.165) is 37.0 Å². The molecule has 0 bridgehead atoms. The number of aromatic nitrogens is 4. The number of aryl methyl sites for hydroxylation is 1. The van der Waals surface area contributed by atoms with Crippen LogP contribution in [-0.2, 0) is 12.7 Å².